The monoisotopic (exact) mass is 158 g/mol. The molecule has 0 aromatic carbocycles. The molecule has 0 amide bonds. The van der Waals surface area contributed by atoms with Gasteiger partial charge in [0.05, 0.1) is 5.69 Å². The molecule has 1 heterocycles. The van der Waals surface area contributed by atoms with E-state index in [2.05, 4.69) is 9.97 Å². The predicted molar refractivity (Wildman–Crippen MR) is 44.9 cm³/mol. The third-order valence-electron chi connectivity index (χ3n) is 1.58. The lowest BCUT2D eigenvalue weighted by Gasteiger charge is -1.93. The largest absolute Gasteiger partial charge is 0.290 e. The molecule has 2 aliphatic rings. The molecule has 0 aromatic heterocycles. The SMILES string of the molecule is O=c1ccc2nccncc-2c1. The van der Waals surface area contributed by atoms with Crippen LogP contribution >= 0.6 is 0 Å². The summed E-state index contributed by atoms with van der Waals surface area (Å²) < 4.78 is 0. The Morgan fingerprint density at radius 1 is 1.17 bits per heavy atom. The molecular formula is C9H6N2O. The number of hydrogen-bond donors (Lipinski definition) is 0. The first-order chi connectivity index (χ1) is 5.86. The zero-order valence-corrected chi connectivity index (χ0v) is 6.27. The highest BCUT2D eigenvalue weighted by Crippen LogP contribution is 2.11. The summed E-state index contributed by atoms with van der Waals surface area (Å²) in [5.41, 5.74) is 1.54. The van der Waals surface area contributed by atoms with Crippen molar-refractivity contribution in [2.75, 3.05) is 0 Å². The third-order valence-corrected chi connectivity index (χ3v) is 1.58. The molecule has 0 radical (unpaired) electrons. The summed E-state index contributed by atoms with van der Waals surface area (Å²) in [6, 6.07) is 4.71. The van der Waals surface area contributed by atoms with Gasteiger partial charge in [-0.05, 0) is 18.2 Å². The van der Waals surface area contributed by atoms with Crippen molar-refractivity contribution < 1.29 is 0 Å². The number of rotatable bonds is 0. The molecule has 0 fully saturated rings. The summed E-state index contributed by atoms with van der Waals surface area (Å²) in [5.74, 6) is 0. The summed E-state index contributed by atoms with van der Waals surface area (Å²) >= 11 is 0. The Kier molecular flexibility index (Phi) is 1.55. The fourth-order valence-electron chi connectivity index (χ4n) is 1.03. The average molecular weight is 158 g/mol. The molecule has 0 N–H and O–H groups in total. The van der Waals surface area contributed by atoms with Crippen LogP contribution in [0.1, 0.15) is 0 Å². The van der Waals surface area contributed by atoms with Crippen molar-refractivity contribution in [1.29, 1.82) is 0 Å². The van der Waals surface area contributed by atoms with Crippen LogP contribution < -0.4 is 5.43 Å². The van der Waals surface area contributed by atoms with Crippen LogP contribution in [0.15, 0.2) is 41.6 Å². The fourth-order valence-corrected chi connectivity index (χ4v) is 1.03. The first-order valence-electron chi connectivity index (χ1n) is 3.56. The summed E-state index contributed by atoms with van der Waals surface area (Å²) in [6.07, 6.45) is 4.82. The molecule has 0 saturated carbocycles. The van der Waals surface area contributed by atoms with Crippen LogP contribution in [0.25, 0.3) is 11.3 Å². The highest BCUT2D eigenvalue weighted by atomic mass is 16.1. The van der Waals surface area contributed by atoms with Crippen molar-refractivity contribution in [2.45, 2.75) is 0 Å². The van der Waals surface area contributed by atoms with Crippen molar-refractivity contribution in [3.63, 3.8) is 0 Å². The van der Waals surface area contributed by atoms with E-state index in [4.69, 9.17) is 0 Å². The molecule has 0 saturated heterocycles. The van der Waals surface area contributed by atoms with Crippen LogP contribution in [0.3, 0.4) is 0 Å². The average Bonchev–Trinajstić information content (AvgIpc) is 2.28. The van der Waals surface area contributed by atoms with Gasteiger partial charge in [0, 0.05) is 24.2 Å². The number of benzene rings is 1. The molecule has 1 aliphatic heterocycles. The molecule has 58 valence electrons. The molecule has 3 nitrogen and oxygen atoms in total. The van der Waals surface area contributed by atoms with E-state index in [1.807, 2.05) is 0 Å². The fraction of sp³-hybridized carbons (Fsp3) is 0. The summed E-state index contributed by atoms with van der Waals surface area (Å²) in [4.78, 5) is 18.9. The van der Waals surface area contributed by atoms with Crippen LogP contribution in [-0.4, -0.2) is 9.97 Å². The van der Waals surface area contributed by atoms with Crippen molar-refractivity contribution in [3.8, 4) is 11.3 Å². The van der Waals surface area contributed by atoms with Gasteiger partial charge < -0.3 is 0 Å². The van der Waals surface area contributed by atoms with Crippen molar-refractivity contribution in [1.82, 2.24) is 9.97 Å². The molecule has 12 heavy (non-hydrogen) atoms. The van der Waals surface area contributed by atoms with E-state index in [0.29, 0.717) is 0 Å². The van der Waals surface area contributed by atoms with Crippen molar-refractivity contribution in [2.24, 2.45) is 0 Å². The molecule has 0 atom stereocenters. The normalized spacial score (nSPS) is 10.0. The smallest absolute Gasteiger partial charge is 0.179 e. The van der Waals surface area contributed by atoms with Crippen molar-refractivity contribution in [3.05, 3.63) is 47.0 Å². The zero-order chi connectivity index (χ0) is 8.39. The maximum absolute atomic E-state index is 10.9. The maximum Gasteiger partial charge on any atom is 0.179 e. The second-order valence-corrected chi connectivity index (χ2v) is 2.43. The van der Waals surface area contributed by atoms with Gasteiger partial charge in [-0.3, -0.25) is 14.8 Å². The lowest BCUT2D eigenvalue weighted by atomic mass is 10.2. The molecule has 0 spiro atoms. The van der Waals surface area contributed by atoms with Gasteiger partial charge in [0.15, 0.2) is 5.43 Å². The third kappa shape index (κ3) is 1.16. The number of hydrogen-bond acceptors (Lipinski definition) is 3. The van der Waals surface area contributed by atoms with Gasteiger partial charge >= 0.3 is 0 Å². The predicted octanol–water partition coefficient (Wildman–Crippen LogP) is 0.942. The van der Waals surface area contributed by atoms with Gasteiger partial charge in [0.25, 0.3) is 0 Å². The van der Waals surface area contributed by atoms with E-state index in [-0.39, 0.29) is 5.43 Å². The highest BCUT2D eigenvalue weighted by Gasteiger charge is 1.99. The lowest BCUT2D eigenvalue weighted by molar-refractivity contribution is 1.33. The Balaban J connectivity index is 2.82. The van der Waals surface area contributed by atoms with E-state index < -0.39 is 0 Å². The lowest BCUT2D eigenvalue weighted by Crippen LogP contribution is -1.96. The maximum atomic E-state index is 10.9. The molecule has 0 bridgehead atoms. The first-order valence-corrected chi connectivity index (χ1v) is 3.56. The summed E-state index contributed by atoms with van der Waals surface area (Å²) in [7, 11) is 0. The Morgan fingerprint density at radius 3 is 3.00 bits per heavy atom. The minimum atomic E-state index is -0.0164. The molecule has 1 aliphatic carbocycles. The van der Waals surface area contributed by atoms with Crippen molar-refractivity contribution >= 4 is 0 Å². The van der Waals surface area contributed by atoms with Crippen LogP contribution in [0.5, 0.6) is 0 Å². The quantitative estimate of drug-likeness (QED) is 0.573. The first kappa shape index (κ1) is 6.91. The Labute approximate surface area is 69.1 Å². The van der Waals surface area contributed by atoms with Crippen LogP contribution in [-0.2, 0) is 0 Å². The minimum Gasteiger partial charge on any atom is -0.290 e. The summed E-state index contributed by atoms with van der Waals surface area (Å²) in [6.45, 7) is 0. The van der Waals surface area contributed by atoms with E-state index >= 15 is 0 Å². The van der Waals surface area contributed by atoms with E-state index in [1.165, 1.54) is 12.1 Å². The van der Waals surface area contributed by atoms with Gasteiger partial charge in [0.2, 0.25) is 0 Å². The molecule has 2 rings (SSSR count). The summed E-state index contributed by atoms with van der Waals surface area (Å²) in [5, 5.41) is 0. The molecule has 3 heteroatoms. The Morgan fingerprint density at radius 2 is 2.08 bits per heavy atom. The highest BCUT2D eigenvalue weighted by molar-refractivity contribution is 5.57. The second kappa shape index (κ2) is 2.70. The number of fused-ring (bicyclic) bond motifs is 1. The van der Waals surface area contributed by atoms with Gasteiger partial charge in [0.1, 0.15) is 0 Å². The Bertz CT molecular complexity index is 428. The van der Waals surface area contributed by atoms with Gasteiger partial charge in [-0.2, -0.15) is 0 Å². The second-order valence-electron chi connectivity index (χ2n) is 2.43. The van der Waals surface area contributed by atoms with E-state index in [0.717, 1.165) is 11.3 Å². The molecule has 0 aromatic rings. The van der Waals surface area contributed by atoms with E-state index in [9.17, 15) is 4.79 Å². The standard InChI is InChI=1S/C9H6N2O/c12-8-1-2-9-7(5-8)6-10-3-4-11-9/h1-6H. The van der Waals surface area contributed by atoms with Crippen LogP contribution in [0, 0.1) is 0 Å². The zero-order valence-electron chi connectivity index (χ0n) is 6.27. The van der Waals surface area contributed by atoms with Gasteiger partial charge in [-0.25, -0.2) is 0 Å². The molecule has 0 unspecified atom stereocenters. The van der Waals surface area contributed by atoms with E-state index in [1.54, 1.807) is 24.7 Å². The van der Waals surface area contributed by atoms with Gasteiger partial charge in [-0.1, -0.05) is 0 Å². The Hall–Kier alpha value is -1.77. The number of nitrogens with zero attached hydrogens (tertiary/aromatic N) is 2. The van der Waals surface area contributed by atoms with Crippen LogP contribution in [0.4, 0.5) is 0 Å². The van der Waals surface area contributed by atoms with Crippen LogP contribution in [0.2, 0.25) is 0 Å². The van der Waals surface area contributed by atoms with Gasteiger partial charge in [-0.15, -0.1) is 0 Å². The molecular weight excluding hydrogens is 152 g/mol. The topological polar surface area (TPSA) is 42.9 Å². The minimum absolute atomic E-state index is 0.0164. The number of aromatic nitrogens is 2.